The van der Waals surface area contributed by atoms with Crippen LogP contribution in [0.2, 0.25) is 0 Å². The van der Waals surface area contributed by atoms with Gasteiger partial charge in [0.2, 0.25) is 0 Å². The first kappa shape index (κ1) is 27.5. The number of hydrogen-bond donors (Lipinski definition) is 0. The van der Waals surface area contributed by atoms with E-state index in [1.807, 2.05) is 60.0 Å². The first-order chi connectivity index (χ1) is 17.8. The fraction of sp³-hybridized carbons (Fsp3) is 0.375. The lowest BCUT2D eigenvalue weighted by molar-refractivity contribution is -0.790. The Morgan fingerprint density at radius 1 is 1.03 bits per heavy atom. The molecule has 0 aliphatic carbocycles. The van der Waals surface area contributed by atoms with E-state index in [0.717, 1.165) is 21.4 Å². The minimum atomic E-state index is -1.14. The van der Waals surface area contributed by atoms with Gasteiger partial charge in [-0.3, -0.25) is 0 Å². The number of rotatable bonds is 15. The highest BCUT2D eigenvalue weighted by molar-refractivity contribution is 7.10. The van der Waals surface area contributed by atoms with Crippen molar-refractivity contribution in [1.82, 2.24) is 4.90 Å². The fourth-order valence-corrected chi connectivity index (χ4v) is 4.39. The Morgan fingerprint density at radius 3 is 2.54 bits per heavy atom. The minimum absolute atomic E-state index is 0.0329. The molecule has 0 saturated carbocycles. The van der Waals surface area contributed by atoms with Gasteiger partial charge < -0.3 is 24.0 Å². The highest BCUT2D eigenvalue weighted by Crippen LogP contribution is 2.33. The maximum atomic E-state index is 12.4. The molecular formula is C24H27N3O9S. The number of fused-ring (bicyclic) bond motifs is 1. The van der Waals surface area contributed by atoms with Crippen LogP contribution in [0.15, 0.2) is 60.0 Å². The van der Waals surface area contributed by atoms with Crippen LogP contribution in [0.3, 0.4) is 0 Å². The van der Waals surface area contributed by atoms with Crippen molar-refractivity contribution in [3.05, 3.63) is 85.1 Å². The van der Waals surface area contributed by atoms with Crippen LogP contribution in [-0.2, 0) is 14.4 Å². The summed E-state index contributed by atoms with van der Waals surface area (Å²) in [7, 11) is 1.61. The molecule has 2 aromatic carbocycles. The van der Waals surface area contributed by atoms with E-state index in [1.165, 1.54) is 4.90 Å². The molecule has 1 amide bonds. The van der Waals surface area contributed by atoms with Gasteiger partial charge in [-0.05, 0) is 35.7 Å². The van der Waals surface area contributed by atoms with Crippen LogP contribution in [0.4, 0.5) is 4.79 Å². The molecule has 1 aromatic heterocycles. The van der Waals surface area contributed by atoms with Crippen LogP contribution >= 0.6 is 11.3 Å². The summed E-state index contributed by atoms with van der Waals surface area (Å²) in [5.41, 5.74) is 0. The Labute approximate surface area is 216 Å². The maximum Gasteiger partial charge on any atom is 0.409 e. The third-order valence-corrected chi connectivity index (χ3v) is 6.38. The molecule has 1 heterocycles. The van der Waals surface area contributed by atoms with Gasteiger partial charge in [0.15, 0.2) is 0 Å². The molecule has 37 heavy (non-hydrogen) atoms. The lowest BCUT2D eigenvalue weighted by Crippen LogP contribution is -2.30. The minimum Gasteiger partial charge on any atom is -0.484 e. The van der Waals surface area contributed by atoms with Crippen molar-refractivity contribution in [1.29, 1.82) is 0 Å². The molecule has 0 unspecified atom stereocenters. The molecular weight excluding hydrogens is 506 g/mol. The summed E-state index contributed by atoms with van der Waals surface area (Å²) >= 11 is 1.57. The van der Waals surface area contributed by atoms with Crippen LogP contribution in [0, 0.1) is 20.2 Å². The molecule has 0 aliphatic rings. The normalized spacial score (nSPS) is 12.4. The highest BCUT2D eigenvalue weighted by atomic mass is 32.1. The SMILES string of the molecule is CN(CC[C@H](Oc1cccc2ccccc12)c1cccs1)C(=O)OCCC[C@H](CO[N+](=O)[O-])O[N+](=O)[O-]. The van der Waals surface area contributed by atoms with Crippen molar-refractivity contribution in [2.75, 3.05) is 26.8 Å². The van der Waals surface area contributed by atoms with Gasteiger partial charge in [-0.2, -0.15) is 0 Å². The van der Waals surface area contributed by atoms with E-state index in [0.29, 0.717) is 13.0 Å². The molecule has 13 heteroatoms. The Morgan fingerprint density at radius 2 is 1.81 bits per heavy atom. The maximum absolute atomic E-state index is 12.4. The van der Waals surface area contributed by atoms with Gasteiger partial charge in [-0.15, -0.1) is 31.6 Å². The Hall–Kier alpha value is -4.13. The Balaban J connectivity index is 1.50. The third-order valence-electron chi connectivity index (χ3n) is 5.41. The number of carbonyl (C=O) groups excluding carboxylic acids is 1. The van der Waals surface area contributed by atoms with E-state index < -0.39 is 29.0 Å². The summed E-state index contributed by atoms with van der Waals surface area (Å²) in [6, 6.07) is 17.8. The highest BCUT2D eigenvalue weighted by Gasteiger charge is 2.20. The Bertz CT molecular complexity index is 1170. The van der Waals surface area contributed by atoms with Gasteiger partial charge in [-0.25, -0.2) is 4.79 Å². The van der Waals surface area contributed by atoms with Crippen molar-refractivity contribution in [3.63, 3.8) is 0 Å². The molecule has 198 valence electrons. The number of benzene rings is 2. The summed E-state index contributed by atoms with van der Waals surface area (Å²) < 4.78 is 11.6. The van der Waals surface area contributed by atoms with Gasteiger partial charge in [0.05, 0.1) is 6.61 Å². The third kappa shape index (κ3) is 8.79. The van der Waals surface area contributed by atoms with Crippen LogP contribution < -0.4 is 4.74 Å². The number of nitrogens with zero attached hydrogens (tertiary/aromatic N) is 3. The van der Waals surface area contributed by atoms with E-state index >= 15 is 0 Å². The first-order valence-electron chi connectivity index (χ1n) is 11.5. The number of thiophene rings is 1. The zero-order valence-electron chi connectivity index (χ0n) is 20.1. The number of hydrogen-bond acceptors (Lipinski definition) is 10. The van der Waals surface area contributed by atoms with E-state index in [4.69, 9.17) is 9.47 Å². The van der Waals surface area contributed by atoms with Crippen molar-refractivity contribution in [2.24, 2.45) is 0 Å². The molecule has 0 saturated heterocycles. The van der Waals surface area contributed by atoms with Crippen LogP contribution in [0.25, 0.3) is 10.8 Å². The standard InChI is InChI=1S/C24H27N3O9S/c1-25(24(28)33-15-5-9-19(36-27(31)32)17-34-26(29)30)14-13-22(23-12-6-16-37-23)35-21-11-4-8-18-7-2-3-10-20(18)21/h2-4,6-8,10-12,16,19,22H,5,9,13-15,17H2,1H3/t19-,22+/m1/s1. The molecule has 0 spiro atoms. The number of ether oxygens (including phenoxy) is 2. The lowest BCUT2D eigenvalue weighted by atomic mass is 10.1. The molecule has 12 nitrogen and oxygen atoms in total. The van der Waals surface area contributed by atoms with Crippen molar-refractivity contribution < 1.29 is 34.1 Å². The lowest BCUT2D eigenvalue weighted by Gasteiger charge is -2.23. The van der Waals surface area contributed by atoms with Gasteiger partial charge in [0, 0.05) is 30.3 Å². The molecule has 3 aromatic rings. The zero-order valence-corrected chi connectivity index (χ0v) is 20.9. The smallest absolute Gasteiger partial charge is 0.409 e. The van der Waals surface area contributed by atoms with E-state index in [2.05, 4.69) is 9.68 Å². The van der Waals surface area contributed by atoms with E-state index in [9.17, 15) is 25.0 Å². The summed E-state index contributed by atoms with van der Waals surface area (Å²) in [6.45, 7) is -0.279. The van der Waals surface area contributed by atoms with E-state index in [1.54, 1.807) is 18.4 Å². The quantitative estimate of drug-likeness (QED) is 0.149. The molecule has 0 N–H and O–H groups in total. The predicted octanol–water partition coefficient (Wildman–Crippen LogP) is 5.05. The molecule has 3 rings (SSSR count). The monoisotopic (exact) mass is 533 g/mol. The second-order valence-corrected chi connectivity index (χ2v) is 9.02. The van der Waals surface area contributed by atoms with Crippen LogP contribution in [0.1, 0.15) is 30.2 Å². The molecule has 2 atom stereocenters. The number of amides is 1. The van der Waals surface area contributed by atoms with Crippen molar-refractivity contribution in [3.8, 4) is 5.75 Å². The van der Waals surface area contributed by atoms with Crippen LogP contribution in [-0.4, -0.2) is 54.1 Å². The molecule has 0 fully saturated rings. The summed E-state index contributed by atoms with van der Waals surface area (Å²) in [6.07, 6.45) is -1.24. The fourth-order valence-electron chi connectivity index (χ4n) is 3.60. The first-order valence-corrected chi connectivity index (χ1v) is 12.4. The second kappa shape index (κ2) is 13.8. The Kier molecular flexibility index (Phi) is 10.3. The zero-order chi connectivity index (χ0) is 26.6. The van der Waals surface area contributed by atoms with Gasteiger partial charge in [-0.1, -0.05) is 42.5 Å². The topological polar surface area (TPSA) is 144 Å². The largest absolute Gasteiger partial charge is 0.484 e. The average molecular weight is 534 g/mol. The summed E-state index contributed by atoms with van der Waals surface area (Å²) in [5, 5.41) is 22.8. The van der Waals surface area contributed by atoms with Crippen molar-refractivity contribution in [2.45, 2.75) is 31.5 Å². The van der Waals surface area contributed by atoms with Gasteiger partial charge in [0.25, 0.3) is 10.2 Å². The number of carbonyl (C=O) groups is 1. The predicted molar refractivity (Wildman–Crippen MR) is 134 cm³/mol. The molecule has 0 radical (unpaired) electrons. The van der Waals surface area contributed by atoms with Crippen LogP contribution in [0.5, 0.6) is 5.75 Å². The van der Waals surface area contributed by atoms with Gasteiger partial charge >= 0.3 is 6.09 Å². The summed E-state index contributed by atoms with van der Waals surface area (Å²) in [5.74, 6) is 0.759. The average Bonchev–Trinajstić information content (AvgIpc) is 3.41. The second-order valence-electron chi connectivity index (χ2n) is 8.04. The molecule has 0 aliphatic heterocycles. The van der Waals surface area contributed by atoms with Crippen molar-refractivity contribution >= 4 is 28.2 Å². The molecule has 0 bridgehead atoms. The van der Waals surface area contributed by atoms with E-state index in [-0.39, 0.29) is 25.6 Å². The van der Waals surface area contributed by atoms with Gasteiger partial charge in [0.1, 0.15) is 24.6 Å². The summed E-state index contributed by atoms with van der Waals surface area (Å²) in [4.78, 5) is 44.2.